The van der Waals surface area contributed by atoms with Gasteiger partial charge in [0.15, 0.2) is 0 Å². The number of aliphatic carboxylic acids is 1. The molecule has 0 aliphatic rings. The average Bonchev–Trinajstić information content (AvgIpc) is 2.84. The molecule has 0 bridgehead atoms. The first-order valence-electron chi connectivity index (χ1n) is 5.65. The second-order valence-electron chi connectivity index (χ2n) is 4.18. The van der Waals surface area contributed by atoms with E-state index in [0.29, 0.717) is 22.1 Å². The molecule has 9 heteroatoms. The van der Waals surface area contributed by atoms with E-state index in [4.69, 9.17) is 11.6 Å². The van der Waals surface area contributed by atoms with Crippen LogP contribution in [0.1, 0.15) is 22.3 Å². The van der Waals surface area contributed by atoms with Crippen molar-refractivity contribution in [3.63, 3.8) is 0 Å². The fourth-order valence-corrected chi connectivity index (χ4v) is 2.65. The molecule has 112 valence electrons. The summed E-state index contributed by atoms with van der Waals surface area (Å²) in [6.45, 7) is 0. The number of halogens is 4. The first-order chi connectivity index (χ1) is 9.77. The number of carbonyl (C=O) groups is 1. The molecule has 0 spiro atoms. The summed E-state index contributed by atoms with van der Waals surface area (Å²) in [7, 11) is 0. The van der Waals surface area contributed by atoms with Gasteiger partial charge >= 0.3 is 12.1 Å². The maximum absolute atomic E-state index is 12.5. The molecule has 1 aromatic heterocycles. The van der Waals surface area contributed by atoms with Crippen LogP contribution >= 0.6 is 23.1 Å². The molecule has 0 saturated carbocycles. The van der Waals surface area contributed by atoms with Crippen LogP contribution in [0.25, 0.3) is 0 Å². The van der Waals surface area contributed by atoms with Crippen LogP contribution in [0, 0.1) is 0 Å². The normalized spacial score (nSPS) is 13.1. The Morgan fingerprint density at radius 3 is 2.67 bits per heavy atom. The molecule has 0 amide bonds. The van der Waals surface area contributed by atoms with Crippen LogP contribution in [0.5, 0.6) is 0 Å². The van der Waals surface area contributed by atoms with E-state index in [-0.39, 0.29) is 11.4 Å². The van der Waals surface area contributed by atoms with Gasteiger partial charge in [-0.25, -0.2) is 4.98 Å². The largest absolute Gasteiger partial charge is 0.481 e. The van der Waals surface area contributed by atoms with Crippen molar-refractivity contribution in [2.45, 2.75) is 18.5 Å². The zero-order valence-electron chi connectivity index (χ0n) is 10.3. The standard InChI is InChI=1S/C12H8ClF3N2O2S/c13-7-3-1-2-6(4-7)5-8(10(19)20)9-17-11(18-21-9)12(14,15)16/h1-4,8H,5H2,(H,19,20). The molecule has 0 saturated heterocycles. The molecule has 0 radical (unpaired) electrons. The van der Waals surface area contributed by atoms with E-state index >= 15 is 0 Å². The minimum Gasteiger partial charge on any atom is -0.481 e. The summed E-state index contributed by atoms with van der Waals surface area (Å²) >= 11 is 6.24. The number of hydrogen-bond acceptors (Lipinski definition) is 4. The van der Waals surface area contributed by atoms with Gasteiger partial charge in [0.1, 0.15) is 10.9 Å². The lowest BCUT2D eigenvalue weighted by atomic mass is 10.00. The highest BCUT2D eigenvalue weighted by molar-refractivity contribution is 7.05. The van der Waals surface area contributed by atoms with Crippen LogP contribution in [-0.4, -0.2) is 20.4 Å². The van der Waals surface area contributed by atoms with Crippen molar-refractivity contribution in [2.75, 3.05) is 0 Å². The summed E-state index contributed by atoms with van der Waals surface area (Å²) in [5.41, 5.74) is 0.596. The minimum absolute atomic E-state index is 0.0115. The van der Waals surface area contributed by atoms with Crippen molar-refractivity contribution in [1.29, 1.82) is 0 Å². The fraction of sp³-hybridized carbons (Fsp3) is 0.250. The molecule has 2 rings (SSSR count). The molecule has 1 atom stereocenters. The molecular weight excluding hydrogens is 329 g/mol. The second-order valence-corrected chi connectivity index (χ2v) is 5.40. The summed E-state index contributed by atoms with van der Waals surface area (Å²) < 4.78 is 40.6. The quantitative estimate of drug-likeness (QED) is 0.926. The van der Waals surface area contributed by atoms with Gasteiger partial charge in [-0.1, -0.05) is 23.7 Å². The summed E-state index contributed by atoms with van der Waals surface area (Å²) in [6.07, 6.45) is -4.70. The number of alkyl halides is 3. The number of carboxylic acid groups (broad SMARTS) is 1. The van der Waals surface area contributed by atoms with Crippen molar-refractivity contribution in [1.82, 2.24) is 9.36 Å². The molecule has 2 aromatic rings. The summed E-state index contributed by atoms with van der Waals surface area (Å²) in [4.78, 5) is 14.6. The van der Waals surface area contributed by atoms with Crippen molar-refractivity contribution >= 4 is 29.1 Å². The van der Waals surface area contributed by atoms with Crippen molar-refractivity contribution in [3.05, 3.63) is 45.7 Å². The monoisotopic (exact) mass is 336 g/mol. The average molecular weight is 337 g/mol. The van der Waals surface area contributed by atoms with Crippen molar-refractivity contribution in [3.8, 4) is 0 Å². The van der Waals surface area contributed by atoms with Crippen LogP contribution in [0.3, 0.4) is 0 Å². The van der Waals surface area contributed by atoms with Gasteiger partial charge in [-0.05, 0) is 35.6 Å². The maximum atomic E-state index is 12.5. The second kappa shape index (κ2) is 5.98. The van der Waals surface area contributed by atoms with Gasteiger partial charge in [-0.15, -0.1) is 0 Å². The fourth-order valence-electron chi connectivity index (χ4n) is 1.67. The topological polar surface area (TPSA) is 63.1 Å². The van der Waals surface area contributed by atoms with E-state index in [1.807, 2.05) is 0 Å². The number of nitrogens with zero attached hydrogens (tertiary/aromatic N) is 2. The number of hydrogen-bond donors (Lipinski definition) is 1. The van der Waals surface area contributed by atoms with E-state index in [0.717, 1.165) is 0 Å². The first kappa shape index (κ1) is 15.7. The van der Waals surface area contributed by atoms with Gasteiger partial charge in [0.05, 0.1) is 0 Å². The van der Waals surface area contributed by atoms with Gasteiger partial charge in [0.2, 0.25) is 5.82 Å². The van der Waals surface area contributed by atoms with E-state index < -0.39 is 23.9 Å². The van der Waals surface area contributed by atoms with Crippen molar-refractivity contribution in [2.24, 2.45) is 0 Å². The number of aromatic nitrogens is 2. The Bertz CT molecular complexity index is 660. The summed E-state index contributed by atoms with van der Waals surface area (Å²) in [5.74, 6) is -3.78. The third-order valence-corrected chi connectivity index (χ3v) is 3.68. The molecule has 1 aromatic carbocycles. The zero-order chi connectivity index (χ0) is 15.6. The van der Waals surface area contributed by atoms with Crippen LogP contribution in [0.2, 0.25) is 5.02 Å². The molecule has 0 fully saturated rings. The number of benzene rings is 1. The Kier molecular flexibility index (Phi) is 4.48. The third kappa shape index (κ3) is 3.92. The van der Waals surface area contributed by atoms with Crippen LogP contribution in [-0.2, 0) is 17.4 Å². The molecule has 4 nitrogen and oxygen atoms in total. The molecule has 1 heterocycles. The summed E-state index contributed by atoms with van der Waals surface area (Å²) in [5, 5.41) is 9.43. The van der Waals surface area contributed by atoms with Gasteiger partial charge in [0.25, 0.3) is 0 Å². The molecule has 21 heavy (non-hydrogen) atoms. The highest BCUT2D eigenvalue weighted by Gasteiger charge is 2.37. The van der Waals surface area contributed by atoms with Gasteiger partial charge in [-0.3, -0.25) is 4.79 Å². The van der Waals surface area contributed by atoms with E-state index in [1.165, 1.54) is 0 Å². The molecule has 0 aliphatic carbocycles. The van der Waals surface area contributed by atoms with E-state index in [2.05, 4.69) is 9.36 Å². The lowest BCUT2D eigenvalue weighted by Crippen LogP contribution is -2.15. The number of rotatable bonds is 4. The predicted molar refractivity (Wildman–Crippen MR) is 70.4 cm³/mol. The third-order valence-electron chi connectivity index (χ3n) is 2.62. The molecular formula is C12H8ClF3N2O2S. The Morgan fingerprint density at radius 2 is 2.14 bits per heavy atom. The maximum Gasteiger partial charge on any atom is 0.452 e. The Hall–Kier alpha value is -1.67. The van der Waals surface area contributed by atoms with Crippen LogP contribution in [0.15, 0.2) is 24.3 Å². The Morgan fingerprint density at radius 1 is 1.43 bits per heavy atom. The number of carboxylic acids is 1. The predicted octanol–water partition coefficient (Wildman–Crippen LogP) is 3.62. The van der Waals surface area contributed by atoms with E-state index in [9.17, 15) is 23.1 Å². The zero-order valence-corrected chi connectivity index (χ0v) is 11.8. The van der Waals surface area contributed by atoms with Crippen LogP contribution in [0.4, 0.5) is 13.2 Å². The summed E-state index contributed by atoms with van der Waals surface area (Å²) in [6, 6.07) is 6.46. The van der Waals surface area contributed by atoms with Crippen LogP contribution < -0.4 is 0 Å². The lowest BCUT2D eigenvalue weighted by Gasteiger charge is -2.09. The first-order valence-corrected chi connectivity index (χ1v) is 6.80. The molecule has 1 N–H and O–H groups in total. The highest BCUT2D eigenvalue weighted by Crippen LogP contribution is 2.31. The Labute approximate surface area is 126 Å². The highest BCUT2D eigenvalue weighted by atomic mass is 35.5. The Balaban J connectivity index is 2.27. The van der Waals surface area contributed by atoms with Crippen molar-refractivity contribution < 1.29 is 23.1 Å². The molecule has 1 unspecified atom stereocenters. The minimum atomic E-state index is -4.69. The van der Waals surface area contributed by atoms with Gasteiger partial charge in [0, 0.05) is 5.02 Å². The van der Waals surface area contributed by atoms with Gasteiger partial charge in [-0.2, -0.15) is 17.5 Å². The van der Waals surface area contributed by atoms with E-state index in [1.54, 1.807) is 24.3 Å². The molecule has 0 aliphatic heterocycles. The van der Waals surface area contributed by atoms with Gasteiger partial charge < -0.3 is 5.11 Å². The smallest absolute Gasteiger partial charge is 0.452 e. The SMILES string of the molecule is O=C(O)C(Cc1cccc(Cl)c1)c1nc(C(F)(F)F)ns1. The lowest BCUT2D eigenvalue weighted by molar-refractivity contribution is -0.145.